The second kappa shape index (κ2) is 9.31. The van der Waals surface area contributed by atoms with E-state index in [4.69, 9.17) is 0 Å². The van der Waals surface area contributed by atoms with Gasteiger partial charge in [0.1, 0.15) is 5.82 Å². The van der Waals surface area contributed by atoms with Gasteiger partial charge in [0, 0.05) is 48.1 Å². The highest BCUT2D eigenvalue weighted by atomic mass is 32.1. The van der Waals surface area contributed by atoms with Crippen molar-refractivity contribution in [2.45, 2.75) is 12.1 Å². The van der Waals surface area contributed by atoms with Crippen molar-refractivity contribution in [1.82, 2.24) is 8.97 Å². The lowest BCUT2D eigenvalue weighted by molar-refractivity contribution is 0.760. The van der Waals surface area contributed by atoms with Gasteiger partial charge < -0.3 is 15.2 Å². The second-order valence-electron chi connectivity index (χ2n) is 13.4. The van der Waals surface area contributed by atoms with E-state index in [1.807, 2.05) is 11.3 Å². The molecule has 0 radical (unpaired) electrons. The third-order valence-corrected chi connectivity index (χ3v) is 12.1. The molecule has 230 valence electrons. The number of aromatic nitrogens is 2. The van der Waals surface area contributed by atoms with E-state index < -0.39 is 0 Å². The first kappa shape index (κ1) is 26.0. The Morgan fingerprint density at radius 1 is 0.510 bits per heavy atom. The molecule has 0 spiro atoms. The number of hydrogen-bond donors (Lipinski definition) is 2. The first-order valence-corrected chi connectivity index (χ1v) is 17.8. The number of nitrogens with zero attached hydrogens (tertiary/aromatic N) is 2. The Labute approximate surface area is 285 Å². The minimum Gasteiger partial charge on any atom is -0.373 e. The molecule has 4 nitrogen and oxygen atoms in total. The van der Waals surface area contributed by atoms with Gasteiger partial charge in [-0.2, -0.15) is 0 Å². The van der Waals surface area contributed by atoms with E-state index in [-0.39, 0.29) is 12.1 Å². The Kier molecular flexibility index (Phi) is 4.94. The summed E-state index contributed by atoms with van der Waals surface area (Å²) in [6, 6.07) is 45.2. The van der Waals surface area contributed by atoms with Gasteiger partial charge in [-0.15, -0.1) is 11.3 Å². The molecule has 0 amide bonds. The summed E-state index contributed by atoms with van der Waals surface area (Å²) in [5.74, 6) is 1.15. The number of para-hydroxylation sites is 2. The lowest BCUT2D eigenvalue weighted by Gasteiger charge is -2.33. The fourth-order valence-corrected chi connectivity index (χ4v) is 9.97. The van der Waals surface area contributed by atoms with E-state index in [2.05, 4.69) is 165 Å². The number of hydrogen-bond acceptors (Lipinski definition) is 3. The summed E-state index contributed by atoms with van der Waals surface area (Å²) >= 11 is 1.91. The quantitative estimate of drug-likeness (QED) is 0.196. The molecule has 0 bridgehead atoms. The summed E-state index contributed by atoms with van der Waals surface area (Å²) in [5.41, 5.74) is 9.83. The molecule has 1 aliphatic carbocycles. The molecule has 49 heavy (non-hydrogen) atoms. The first-order valence-electron chi connectivity index (χ1n) is 16.9. The molecular weight excluding hydrogens is 617 g/mol. The van der Waals surface area contributed by atoms with Crippen molar-refractivity contribution in [3.05, 3.63) is 146 Å². The fraction of sp³-hybridized carbons (Fsp3) is 0.0455. The minimum absolute atomic E-state index is 0.191. The van der Waals surface area contributed by atoms with Crippen molar-refractivity contribution in [3.63, 3.8) is 0 Å². The van der Waals surface area contributed by atoms with Crippen LogP contribution in [0, 0.1) is 0 Å². The lowest BCUT2D eigenvalue weighted by atomic mass is 9.97. The highest BCUT2D eigenvalue weighted by Crippen LogP contribution is 2.50. The van der Waals surface area contributed by atoms with Crippen LogP contribution in [-0.4, -0.2) is 21.1 Å². The highest BCUT2D eigenvalue weighted by Gasteiger charge is 2.32. The fourth-order valence-electron chi connectivity index (χ4n) is 8.72. The van der Waals surface area contributed by atoms with Crippen molar-refractivity contribution < 1.29 is 0 Å². The molecule has 0 saturated heterocycles. The first-order chi connectivity index (χ1) is 24.3. The zero-order chi connectivity index (χ0) is 31.8. The summed E-state index contributed by atoms with van der Waals surface area (Å²) in [7, 11) is 0. The number of anilines is 2. The molecule has 6 aromatic carbocycles. The van der Waals surface area contributed by atoms with E-state index in [1.165, 1.54) is 91.7 Å². The largest absolute Gasteiger partial charge is 0.373 e. The summed E-state index contributed by atoms with van der Waals surface area (Å²) in [6.45, 7) is 0. The molecule has 2 atom stereocenters. The van der Waals surface area contributed by atoms with Gasteiger partial charge in [0.05, 0.1) is 44.5 Å². The van der Waals surface area contributed by atoms with Crippen LogP contribution in [0.5, 0.6) is 0 Å². The molecule has 0 fully saturated rings. The van der Waals surface area contributed by atoms with Crippen LogP contribution < -0.4 is 10.6 Å². The standard InChI is InChI=1S/C44H28N4S/c1-2-10-27(11-3-1)47-37-16-8-4-12-28(37)32-22-25(18-21-38(32)47)26-23-33-30-19-20-31-29-13-5-9-17-39(29)49-43(31)42(30)48-41(33)34(24-26)40-44(48)46-36-15-7-6-14-35(36)45-40/h1-24,35-36,45-46H. The van der Waals surface area contributed by atoms with E-state index in [9.17, 15) is 0 Å². The zero-order valence-corrected chi connectivity index (χ0v) is 27.1. The predicted octanol–water partition coefficient (Wildman–Crippen LogP) is 11.5. The SMILES string of the molecule is C1=CC2Nc3c(n4c5c3cc(-c3ccc6c(c3)c3ccccc3n6-c3ccccc3)cc5c3ccc5c6ccccc6sc5c34)NC2C=C1. The van der Waals surface area contributed by atoms with Gasteiger partial charge >= 0.3 is 0 Å². The monoisotopic (exact) mass is 644 g/mol. The maximum atomic E-state index is 3.97. The van der Waals surface area contributed by atoms with Crippen LogP contribution in [0.1, 0.15) is 0 Å². The van der Waals surface area contributed by atoms with Gasteiger partial charge in [-0.3, -0.25) is 4.40 Å². The predicted molar refractivity (Wildman–Crippen MR) is 209 cm³/mol. The van der Waals surface area contributed by atoms with Crippen LogP contribution in [0.15, 0.2) is 146 Å². The maximum Gasteiger partial charge on any atom is 0.136 e. The second-order valence-corrected chi connectivity index (χ2v) is 14.5. The molecule has 1 aliphatic heterocycles. The number of nitrogens with one attached hydrogen (secondary N) is 2. The van der Waals surface area contributed by atoms with Crippen LogP contribution in [-0.2, 0) is 0 Å². The van der Waals surface area contributed by atoms with Gasteiger partial charge in [0.2, 0.25) is 0 Å². The van der Waals surface area contributed by atoms with E-state index in [0.29, 0.717) is 0 Å². The van der Waals surface area contributed by atoms with Crippen molar-refractivity contribution >= 4 is 92.0 Å². The zero-order valence-electron chi connectivity index (χ0n) is 26.3. The molecule has 2 N–H and O–H groups in total. The topological polar surface area (TPSA) is 33.4 Å². The Hall–Kier alpha value is -6.04. The molecule has 2 aliphatic rings. The summed E-state index contributed by atoms with van der Waals surface area (Å²) in [5, 5.41) is 17.0. The number of benzene rings is 6. The Morgan fingerprint density at radius 2 is 1.22 bits per heavy atom. The van der Waals surface area contributed by atoms with Gasteiger partial charge in [-0.05, 0) is 59.7 Å². The van der Waals surface area contributed by atoms with Gasteiger partial charge in [0.25, 0.3) is 0 Å². The molecule has 0 saturated carbocycles. The van der Waals surface area contributed by atoms with Gasteiger partial charge in [-0.1, -0.05) is 97.1 Å². The Bertz CT molecular complexity index is 3060. The third-order valence-electron chi connectivity index (χ3n) is 10.9. The van der Waals surface area contributed by atoms with E-state index in [1.54, 1.807) is 0 Å². The van der Waals surface area contributed by atoms with Gasteiger partial charge in [-0.25, -0.2) is 0 Å². The molecule has 2 unspecified atom stereocenters. The normalized spacial score (nSPS) is 17.1. The lowest BCUT2D eigenvalue weighted by Crippen LogP contribution is -2.41. The van der Waals surface area contributed by atoms with Crippen molar-refractivity contribution in [2.75, 3.05) is 10.6 Å². The van der Waals surface area contributed by atoms with Gasteiger partial charge in [0.15, 0.2) is 0 Å². The average Bonchev–Trinajstić information content (AvgIpc) is 3.89. The molecule has 5 heteroatoms. The highest BCUT2D eigenvalue weighted by molar-refractivity contribution is 7.26. The van der Waals surface area contributed by atoms with Crippen molar-refractivity contribution in [3.8, 4) is 16.8 Å². The van der Waals surface area contributed by atoms with E-state index in [0.717, 1.165) is 5.82 Å². The third kappa shape index (κ3) is 3.37. The van der Waals surface area contributed by atoms with Crippen molar-refractivity contribution in [1.29, 1.82) is 0 Å². The molecule has 5 heterocycles. The Balaban J connectivity index is 1.17. The number of rotatable bonds is 2. The Morgan fingerprint density at radius 3 is 2.12 bits per heavy atom. The van der Waals surface area contributed by atoms with Crippen LogP contribution in [0.3, 0.4) is 0 Å². The maximum absolute atomic E-state index is 3.97. The molecule has 4 aromatic heterocycles. The summed E-state index contributed by atoms with van der Waals surface area (Å²) < 4.78 is 7.57. The van der Waals surface area contributed by atoms with Crippen LogP contribution in [0.25, 0.3) is 86.0 Å². The summed E-state index contributed by atoms with van der Waals surface area (Å²) in [6.07, 6.45) is 8.85. The smallest absolute Gasteiger partial charge is 0.136 e. The minimum atomic E-state index is 0.191. The number of allylic oxidation sites excluding steroid dienone is 2. The average molecular weight is 645 g/mol. The molecule has 12 rings (SSSR count). The number of fused-ring (bicyclic) bond motifs is 14. The van der Waals surface area contributed by atoms with Crippen LogP contribution >= 0.6 is 11.3 Å². The van der Waals surface area contributed by atoms with Crippen molar-refractivity contribution in [2.24, 2.45) is 0 Å². The molecule has 10 aromatic rings. The van der Waals surface area contributed by atoms with E-state index >= 15 is 0 Å². The van der Waals surface area contributed by atoms with Crippen LogP contribution in [0.2, 0.25) is 0 Å². The summed E-state index contributed by atoms with van der Waals surface area (Å²) in [4.78, 5) is 0. The number of thiophene rings is 1. The van der Waals surface area contributed by atoms with Crippen LogP contribution in [0.4, 0.5) is 11.5 Å². The molecular formula is C44H28N4S.